The molecule has 11 heteroatoms. The number of aromatic nitrogens is 3. The molecule has 1 saturated heterocycles. The summed E-state index contributed by atoms with van der Waals surface area (Å²) in [6.45, 7) is 6.12. The topological polar surface area (TPSA) is 92.5 Å². The SMILES string of the molecule is COCCOc1ccc2c(c1)C(c1ccnc(N3CCOCC3)c1)=NC2.COCCOc1ccc2c(c1)c(I)nn2C(c1ccccc1)(c1ccccc1)c1ccccc1. The Morgan fingerprint density at radius 2 is 1.25 bits per heavy atom. The first-order valence-corrected chi connectivity index (χ1v) is 21.2. The number of rotatable bonds is 14. The molecule has 9 rings (SSSR count). The molecule has 10 nitrogen and oxygen atoms in total. The number of hydrogen-bond donors (Lipinski definition) is 0. The molecule has 0 amide bonds. The second kappa shape index (κ2) is 19.6. The number of hydrogen-bond acceptors (Lipinski definition) is 9. The number of anilines is 1. The van der Waals surface area contributed by atoms with E-state index in [1.807, 2.05) is 24.4 Å². The van der Waals surface area contributed by atoms with Gasteiger partial charge in [0, 0.05) is 50.0 Å². The first-order valence-electron chi connectivity index (χ1n) is 20.2. The second-order valence-corrected chi connectivity index (χ2v) is 15.4. The molecular weight excluding hydrogens is 865 g/mol. The number of methoxy groups -OCH3 is 2. The number of nitrogens with zero attached hydrogens (tertiary/aromatic N) is 5. The molecule has 0 radical (unpaired) electrons. The van der Waals surface area contributed by atoms with Gasteiger partial charge in [0.2, 0.25) is 0 Å². The van der Waals surface area contributed by atoms with Gasteiger partial charge in [-0.25, -0.2) is 9.67 Å². The summed E-state index contributed by atoms with van der Waals surface area (Å²) in [6.07, 6.45) is 1.86. The van der Waals surface area contributed by atoms with Gasteiger partial charge in [0.1, 0.15) is 39.8 Å². The Hall–Kier alpha value is -5.60. The van der Waals surface area contributed by atoms with Crippen LogP contribution in [0.2, 0.25) is 0 Å². The number of morpholine rings is 1. The number of halogens is 1. The van der Waals surface area contributed by atoms with Gasteiger partial charge in [-0.15, -0.1) is 0 Å². The van der Waals surface area contributed by atoms with Crippen LogP contribution in [0.1, 0.15) is 33.4 Å². The fraction of sp³-hybridized carbons (Fsp3) is 0.245. The van der Waals surface area contributed by atoms with Crippen LogP contribution in [-0.2, 0) is 26.3 Å². The van der Waals surface area contributed by atoms with Gasteiger partial charge in [0.15, 0.2) is 0 Å². The Kier molecular flexibility index (Phi) is 13.5. The predicted octanol–water partition coefficient (Wildman–Crippen LogP) is 8.80. The summed E-state index contributed by atoms with van der Waals surface area (Å²) >= 11 is 2.33. The molecule has 306 valence electrons. The van der Waals surface area contributed by atoms with E-state index in [-0.39, 0.29) is 0 Å². The molecule has 0 aliphatic carbocycles. The van der Waals surface area contributed by atoms with E-state index < -0.39 is 5.54 Å². The van der Waals surface area contributed by atoms with E-state index in [9.17, 15) is 0 Å². The van der Waals surface area contributed by atoms with E-state index >= 15 is 0 Å². The Labute approximate surface area is 364 Å². The normalized spacial score (nSPS) is 13.7. The Balaban J connectivity index is 0.000000172. The highest BCUT2D eigenvalue weighted by Gasteiger charge is 2.40. The fourth-order valence-electron chi connectivity index (χ4n) is 7.83. The molecule has 2 aliphatic rings. The smallest absolute Gasteiger partial charge is 0.138 e. The number of aliphatic imine (C=N–C) groups is 1. The van der Waals surface area contributed by atoms with E-state index in [4.69, 9.17) is 33.8 Å². The van der Waals surface area contributed by atoms with Crippen LogP contribution < -0.4 is 14.4 Å². The molecular formula is C49H48IN5O5. The maximum absolute atomic E-state index is 5.89. The summed E-state index contributed by atoms with van der Waals surface area (Å²) in [6, 6.07) is 48.3. The molecule has 7 aromatic rings. The van der Waals surface area contributed by atoms with Gasteiger partial charge in [-0.05, 0) is 87.3 Å². The molecule has 4 heterocycles. The zero-order valence-electron chi connectivity index (χ0n) is 33.9. The molecule has 2 aromatic heterocycles. The van der Waals surface area contributed by atoms with Crippen LogP contribution >= 0.6 is 22.6 Å². The van der Waals surface area contributed by atoms with Crippen molar-refractivity contribution in [3.63, 3.8) is 0 Å². The molecule has 0 bridgehead atoms. The van der Waals surface area contributed by atoms with Gasteiger partial charge < -0.3 is 28.6 Å². The third kappa shape index (κ3) is 8.80. The molecule has 2 aliphatic heterocycles. The maximum atomic E-state index is 5.89. The standard InChI is InChI=1S/C29H25IN2O2.C20H23N3O3/c1-33-19-20-34-25-17-18-27-26(21-25)28(30)31-32(27)29(22-11-5-2-6-12-22,23-13-7-3-8-14-23)24-15-9-4-10-16-24;1-24-10-11-26-17-3-2-16-14-22-20(18(16)13-17)15-4-5-21-19(12-15)23-6-8-25-9-7-23/h2-18,21H,19-20H2,1H3;2-5,12-13H,6-11,14H2,1H3. The molecule has 1 fully saturated rings. The summed E-state index contributed by atoms with van der Waals surface area (Å²) < 4.78 is 30.4. The number of pyridine rings is 1. The van der Waals surface area contributed by atoms with Gasteiger partial charge in [-0.1, -0.05) is 97.1 Å². The van der Waals surface area contributed by atoms with Gasteiger partial charge in [-0.3, -0.25) is 4.99 Å². The first kappa shape index (κ1) is 41.1. The van der Waals surface area contributed by atoms with Crippen molar-refractivity contribution in [2.45, 2.75) is 12.1 Å². The molecule has 60 heavy (non-hydrogen) atoms. The minimum absolute atomic E-state index is 0.509. The van der Waals surface area contributed by atoms with Crippen molar-refractivity contribution in [1.29, 1.82) is 0 Å². The van der Waals surface area contributed by atoms with Crippen LogP contribution in [0.5, 0.6) is 11.5 Å². The summed E-state index contributed by atoms with van der Waals surface area (Å²) in [5.74, 6) is 2.64. The highest BCUT2D eigenvalue weighted by atomic mass is 127. The molecule has 0 spiro atoms. The average molecular weight is 914 g/mol. The van der Waals surface area contributed by atoms with Gasteiger partial charge >= 0.3 is 0 Å². The van der Waals surface area contributed by atoms with Crippen LogP contribution in [0.3, 0.4) is 0 Å². The second-order valence-electron chi connectivity index (χ2n) is 14.4. The largest absolute Gasteiger partial charge is 0.491 e. The maximum Gasteiger partial charge on any atom is 0.138 e. The Morgan fingerprint density at radius 1 is 0.667 bits per heavy atom. The fourth-order valence-corrected chi connectivity index (χ4v) is 8.48. The van der Waals surface area contributed by atoms with Crippen molar-refractivity contribution in [3.8, 4) is 11.5 Å². The van der Waals surface area contributed by atoms with E-state index in [1.54, 1.807) is 14.2 Å². The highest BCUT2D eigenvalue weighted by molar-refractivity contribution is 14.1. The summed E-state index contributed by atoms with van der Waals surface area (Å²) in [7, 11) is 3.35. The minimum atomic E-state index is -0.649. The lowest BCUT2D eigenvalue weighted by molar-refractivity contribution is 0.122. The van der Waals surface area contributed by atoms with Crippen LogP contribution in [0.4, 0.5) is 5.82 Å². The number of ether oxygens (including phenoxy) is 5. The van der Waals surface area contributed by atoms with Crippen LogP contribution in [-0.4, -0.2) is 87.4 Å². The summed E-state index contributed by atoms with van der Waals surface area (Å²) in [5, 5.41) is 6.21. The van der Waals surface area contributed by atoms with Gasteiger partial charge in [-0.2, -0.15) is 5.10 Å². The van der Waals surface area contributed by atoms with Gasteiger partial charge in [0.05, 0.1) is 44.2 Å². The zero-order chi connectivity index (χ0) is 41.2. The van der Waals surface area contributed by atoms with Crippen LogP contribution in [0, 0.1) is 3.70 Å². The molecule has 0 saturated carbocycles. The van der Waals surface area contributed by atoms with Crippen molar-refractivity contribution in [2.75, 3.05) is 71.9 Å². The minimum Gasteiger partial charge on any atom is -0.491 e. The predicted molar refractivity (Wildman–Crippen MR) is 245 cm³/mol. The van der Waals surface area contributed by atoms with E-state index in [1.165, 1.54) is 5.56 Å². The third-order valence-corrected chi connectivity index (χ3v) is 11.5. The lowest BCUT2D eigenvalue weighted by atomic mass is 9.77. The van der Waals surface area contributed by atoms with Crippen LogP contribution in [0.15, 0.2) is 151 Å². The number of fused-ring (bicyclic) bond motifs is 2. The third-order valence-electron chi connectivity index (χ3n) is 10.7. The summed E-state index contributed by atoms with van der Waals surface area (Å²) in [5.41, 5.74) is 8.30. The van der Waals surface area contributed by atoms with Crippen molar-refractivity contribution in [2.24, 2.45) is 4.99 Å². The van der Waals surface area contributed by atoms with E-state index in [0.717, 1.165) is 91.8 Å². The lowest BCUT2D eigenvalue weighted by Gasteiger charge is -2.37. The Morgan fingerprint density at radius 3 is 1.85 bits per heavy atom. The van der Waals surface area contributed by atoms with Crippen molar-refractivity contribution < 1.29 is 23.7 Å². The van der Waals surface area contributed by atoms with Crippen molar-refractivity contribution in [1.82, 2.24) is 14.8 Å². The average Bonchev–Trinajstić information content (AvgIpc) is 3.89. The first-order chi connectivity index (χ1) is 29.6. The van der Waals surface area contributed by atoms with Crippen molar-refractivity contribution >= 4 is 45.0 Å². The molecule has 0 N–H and O–H groups in total. The van der Waals surface area contributed by atoms with E-state index in [0.29, 0.717) is 33.0 Å². The van der Waals surface area contributed by atoms with Gasteiger partial charge in [0.25, 0.3) is 0 Å². The lowest BCUT2D eigenvalue weighted by Crippen LogP contribution is -2.38. The van der Waals surface area contributed by atoms with E-state index in [2.05, 4.69) is 158 Å². The Bertz CT molecular complexity index is 2410. The quantitative estimate of drug-likeness (QED) is 0.0608. The monoisotopic (exact) mass is 913 g/mol. The molecule has 0 atom stereocenters. The van der Waals surface area contributed by atoms with Crippen molar-refractivity contribution in [3.05, 3.63) is 183 Å². The van der Waals surface area contributed by atoms with Crippen LogP contribution in [0.25, 0.3) is 10.9 Å². The number of benzene rings is 5. The molecule has 0 unspecified atom stereocenters. The summed E-state index contributed by atoms with van der Waals surface area (Å²) in [4.78, 5) is 11.6. The highest BCUT2D eigenvalue weighted by Crippen LogP contribution is 2.43. The molecule has 5 aromatic carbocycles. The zero-order valence-corrected chi connectivity index (χ0v) is 36.0.